The van der Waals surface area contributed by atoms with Crippen LogP contribution in [0.2, 0.25) is 0 Å². The van der Waals surface area contributed by atoms with Crippen molar-refractivity contribution in [2.45, 2.75) is 51.4 Å². The number of carbonyl (C=O) groups is 3. The molecule has 0 bridgehead atoms. The molecule has 20 heavy (non-hydrogen) atoms. The average molecular weight is 290 g/mol. The molecular formula is C12H22N2O6. The summed E-state index contributed by atoms with van der Waals surface area (Å²) in [5, 5.41) is 31.5. The number of carbonyl (C=O) groups excluding carboxylic acids is 2. The fraction of sp³-hybridized carbons (Fsp3) is 0.750. The van der Waals surface area contributed by atoms with Gasteiger partial charge in [0.05, 0.1) is 0 Å². The summed E-state index contributed by atoms with van der Waals surface area (Å²) in [6.07, 6.45) is -1.16. The summed E-state index contributed by atoms with van der Waals surface area (Å²) in [6.45, 7) is 2.92. The topological polar surface area (TPSA) is 136 Å². The zero-order chi connectivity index (χ0) is 15.7. The number of hydrogen-bond acceptors (Lipinski definition) is 5. The summed E-state index contributed by atoms with van der Waals surface area (Å²) in [5.41, 5.74) is 0. The van der Waals surface area contributed by atoms with Crippen molar-refractivity contribution in [3.63, 3.8) is 0 Å². The molecule has 0 aromatic rings. The Kier molecular flexibility index (Phi) is 8.49. The number of unbranched alkanes of at least 4 members (excludes halogenated alkanes) is 1. The number of aliphatic carboxylic acids is 1. The standard InChI is InChI=1S/C12H22N2O6/c1-7(15)10(17)13-6-4-3-5-9(12(19)20)14-11(18)8(2)16/h7-9,15-16H,3-6H2,1-2H3,(H,13,17)(H,14,18)(H,19,20)/t7-,8-,9+/m0/s1. The number of nitrogens with one attached hydrogen (secondary N) is 2. The van der Waals surface area contributed by atoms with Crippen LogP contribution in [0.1, 0.15) is 33.1 Å². The van der Waals surface area contributed by atoms with Crippen molar-refractivity contribution in [2.75, 3.05) is 6.54 Å². The maximum Gasteiger partial charge on any atom is 0.326 e. The first-order chi connectivity index (χ1) is 9.25. The Bertz CT molecular complexity index is 343. The number of carboxylic acid groups (broad SMARTS) is 1. The highest BCUT2D eigenvalue weighted by atomic mass is 16.4. The van der Waals surface area contributed by atoms with Gasteiger partial charge in [0.15, 0.2) is 0 Å². The lowest BCUT2D eigenvalue weighted by Crippen LogP contribution is -2.44. The molecule has 0 aliphatic rings. The van der Waals surface area contributed by atoms with E-state index in [0.717, 1.165) is 0 Å². The molecule has 0 heterocycles. The maximum atomic E-state index is 11.2. The SMILES string of the molecule is C[C@H](O)C(=O)NCCCC[C@@H](NC(=O)[C@H](C)O)C(=O)O. The van der Waals surface area contributed by atoms with E-state index >= 15 is 0 Å². The molecule has 0 fully saturated rings. The normalized spacial score (nSPS) is 15.0. The summed E-state index contributed by atoms with van der Waals surface area (Å²) in [5.74, 6) is -2.39. The predicted octanol–water partition coefficient (Wildman–Crippen LogP) is -1.40. The first-order valence-corrected chi connectivity index (χ1v) is 6.42. The molecule has 0 rings (SSSR count). The van der Waals surface area contributed by atoms with Crippen LogP contribution < -0.4 is 10.6 Å². The highest BCUT2D eigenvalue weighted by Gasteiger charge is 2.21. The highest BCUT2D eigenvalue weighted by Crippen LogP contribution is 2.02. The number of aliphatic hydroxyl groups excluding tert-OH is 2. The molecular weight excluding hydrogens is 268 g/mol. The van der Waals surface area contributed by atoms with Crippen LogP contribution in [0.15, 0.2) is 0 Å². The van der Waals surface area contributed by atoms with Crippen molar-refractivity contribution >= 4 is 17.8 Å². The first-order valence-electron chi connectivity index (χ1n) is 6.42. The summed E-state index contributed by atoms with van der Waals surface area (Å²) < 4.78 is 0. The van der Waals surface area contributed by atoms with E-state index in [1.54, 1.807) is 0 Å². The van der Waals surface area contributed by atoms with Crippen LogP contribution in [0.5, 0.6) is 0 Å². The van der Waals surface area contributed by atoms with Crippen LogP contribution >= 0.6 is 0 Å². The van der Waals surface area contributed by atoms with Gasteiger partial charge >= 0.3 is 5.97 Å². The van der Waals surface area contributed by atoms with E-state index < -0.39 is 36.0 Å². The third-order valence-electron chi connectivity index (χ3n) is 2.59. The molecule has 0 saturated heterocycles. The fourth-order valence-electron chi connectivity index (χ4n) is 1.38. The second-order valence-corrected chi connectivity index (χ2v) is 4.54. The average Bonchev–Trinajstić information content (AvgIpc) is 2.35. The van der Waals surface area contributed by atoms with Crippen LogP contribution in [-0.4, -0.2) is 57.9 Å². The Morgan fingerprint density at radius 2 is 1.55 bits per heavy atom. The molecule has 3 atom stereocenters. The van der Waals surface area contributed by atoms with Crippen molar-refractivity contribution in [3.8, 4) is 0 Å². The minimum Gasteiger partial charge on any atom is -0.480 e. The second kappa shape index (κ2) is 9.27. The van der Waals surface area contributed by atoms with E-state index in [1.807, 2.05) is 0 Å². The second-order valence-electron chi connectivity index (χ2n) is 4.54. The molecule has 0 saturated carbocycles. The van der Waals surface area contributed by atoms with Gasteiger partial charge in [-0.1, -0.05) is 0 Å². The largest absolute Gasteiger partial charge is 0.480 e. The van der Waals surface area contributed by atoms with Crippen molar-refractivity contribution in [1.82, 2.24) is 10.6 Å². The van der Waals surface area contributed by atoms with Crippen LogP contribution in [0.3, 0.4) is 0 Å². The fourth-order valence-corrected chi connectivity index (χ4v) is 1.38. The van der Waals surface area contributed by atoms with Gasteiger partial charge in [-0.2, -0.15) is 0 Å². The Morgan fingerprint density at radius 3 is 2.00 bits per heavy atom. The first kappa shape index (κ1) is 18.3. The summed E-state index contributed by atoms with van der Waals surface area (Å²) in [7, 11) is 0. The Morgan fingerprint density at radius 1 is 1.00 bits per heavy atom. The number of amides is 2. The molecule has 0 spiro atoms. The van der Waals surface area contributed by atoms with Gasteiger partial charge in [0.1, 0.15) is 18.2 Å². The molecule has 0 aliphatic heterocycles. The highest BCUT2D eigenvalue weighted by molar-refractivity contribution is 5.85. The minimum atomic E-state index is -1.26. The number of aliphatic hydroxyl groups is 2. The predicted molar refractivity (Wildman–Crippen MR) is 69.8 cm³/mol. The number of carboxylic acids is 1. The molecule has 8 heteroatoms. The molecule has 0 radical (unpaired) electrons. The van der Waals surface area contributed by atoms with Gasteiger partial charge in [-0.3, -0.25) is 9.59 Å². The number of hydrogen-bond donors (Lipinski definition) is 5. The summed E-state index contributed by atoms with van der Waals surface area (Å²) in [6, 6.07) is -1.07. The molecule has 5 N–H and O–H groups in total. The van der Waals surface area contributed by atoms with Gasteiger partial charge in [-0.15, -0.1) is 0 Å². The van der Waals surface area contributed by atoms with E-state index in [2.05, 4.69) is 10.6 Å². The Labute approximate surface area is 117 Å². The van der Waals surface area contributed by atoms with Crippen LogP contribution in [-0.2, 0) is 14.4 Å². The van der Waals surface area contributed by atoms with Crippen molar-refractivity contribution < 1.29 is 29.7 Å². The molecule has 0 aromatic carbocycles. The molecule has 2 amide bonds. The van der Waals surface area contributed by atoms with E-state index in [-0.39, 0.29) is 6.42 Å². The monoisotopic (exact) mass is 290 g/mol. The lowest BCUT2D eigenvalue weighted by molar-refractivity contribution is -0.143. The van der Waals surface area contributed by atoms with Gasteiger partial charge in [-0.25, -0.2) is 4.79 Å². The molecule has 0 aliphatic carbocycles. The molecule has 116 valence electrons. The Hall–Kier alpha value is -1.67. The zero-order valence-electron chi connectivity index (χ0n) is 11.6. The molecule has 0 unspecified atom stereocenters. The zero-order valence-corrected chi connectivity index (χ0v) is 11.6. The van der Waals surface area contributed by atoms with E-state index in [4.69, 9.17) is 15.3 Å². The molecule has 0 aromatic heterocycles. The smallest absolute Gasteiger partial charge is 0.326 e. The lowest BCUT2D eigenvalue weighted by atomic mass is 10.1. The van der Waals surface area contributed by atoms with Crippen LogP contribution in [0, 0.1) is 0 Å². The van der Waals surface area contributed by atoms with E-state index in [9.17, 15) is 14.4 Å². The Balaban J connectivity index is 3.96. The van der Waals surface area contributed by atoms with Gasteiger partial charge in [0.25, 0.3) is 0 Å². The van der Waals surface area contributed by atoms with Crippen LogP contribution in [0.25, 0.3) is 0 Å². The van der Waals surface area contributed by atoms with Crippen molar-refractivity contribution in [1.29, 1.82) is 0 Å². The third-order valence-corrected chi connectivity index (χ3v) is 2.59. The van der Waals surface area contributed by atoms with Gasteiger partial charge in [0.2, 0.25) is 11.8 Å². The van der Waals surface area contributed by atoms with Gasteiger partial charge in [-0.05, 0) is 33.1 Å². The lowest BCUT2D eigenvalue weighted by Gasteiger charge is -2.15. The summed E-state index contributed by atoms with van der Waals surface area (Å²) in [4.78, 5) is 33.1. The minimum absolute atomic E-state index is 0.193. The van der Waals surface area contributed by atoms with Gasteiger partial charge in [0, 0.05) is 6.54 Å². The quantitative estimate of drug-likeness (QED) is 0.331. The van der Waals surface area contributed by atoms with Gasteiger partial charge < -0.3 is 26.0 Å². The van der Waals surface area contributed by atoms with E-state index in [1.165, 1.54) is 13.8 Å². The van der Waals surface area contributed by atoms with Crippen LogP contribution in [0.4, 0.5) is 0 Å². The number of rotatable bonds is 9. The third kappa shape index (κ3) is 7.70. The van der Waals surface area contributed by atoms with Crippen molar-refractivity contribution in [2.24, 2.45) is 0 Å². The maximum absolute atomic E-state index is 11.2. The molecule has 8 nitrogen and oxygen atoms in total. The summed E-state index contributed by atoms with van der Waals surface area (Å²) >= 11 is 0. The van der Waals surface area contributed by atoms with Crippen molar-refractivity contribution in [3.05, 3.63) is 0 Å². The van der Waals surface area contributed by atoms with E-state index in [0.29, 0.717) is 19.4 Å².